The van der Waals surface area contributed by atoms with Crippen LogP contribution in [0.1, 0.15) is 59.3 Å². The molecule has 1 aliphatic heterocycles. The van der Waals surface area contributed by atoms with Gasteiger partial charge in [0.05, 0.1) is 18.8 Å². The Bertz CT molecular complexity index is 706. The van der Waals surface area contributed by atoms with E-state index in [1.54, 1.807) is 11.8 Å². The molecule has 1 saturated heterocycles. The normalized spacial score (nSPS) is 18.7. The molecule has 0 unspecified atom stereocenters. The second-order valence-corrected chi connectivity index (χ2v) is 6.05. The van der Waals surface area contributed by atoms with E-state index in [2.05, 4.69) is 20.3 Å². The van der Waals surface area contributed by atoms with Crippen molar-refractivity contribution in [1.29, 1.82) is 0 Å². The molecule has 0 spiro atoms. The molecule has 1 aliphatic rings. The van der Waals surface area contributed by atoms with Crippen molar-refractivity contribution in [2.75, 3.05) is 19.7 Å². The monoisotopic (exact) mass is 319 g/mol. The fourth-order valence-electron chi connectivity index (χ4n) is 2.69. The summed E-state index contributed by atoms with van der Waals surface area (Å²) in [5.74, 6) is 1.95. The fraction of sp³-hybridized carbons (Fsp3) is 0.600. The van der Waals surface area contributed by atoms with Gasteiger partial charge in [-0.15, -0.1) is 0 Å². The highest BCUT2D eigenvalue weighted by Crippen LogP contribution is 2.26. The molecule has 124 valence electrons. The van der Waals surface area contributed by atoms with Crippen molar-refractivity contribution in [2.45, 2.75) is 39.7 Å². The van der Waals surface area contributed by atoms with Crippen LogP contribution in [0.15, 0.2) is 4.52 Å². The summed E-state index contributed by atoms with van der Waals surface area (Å²) in [6.45, 7) is 8.98. The Morgan fingerprint density at radius 3 is 2.83 bits per heavy atom. The third kappa shape index (κ3) is 2.98. The number of hydrogen-bond acceptors (Lipinski definition) is 6. The van der Waals surface area contributed by atoms with E-state index in [9.17, 15) is 4.79 Å². The first kappa shape index (κ1) is 15.7. The first-order valence-corrected chi connectivity index (χ1v) is 7.73. The number of amides is 1. The van der Waals surface area contributed by atoms with Crippen LogP contribution >= 0.6 is 0 Å². The minimum absolute atomic E-state index is 0.0759. The Kier molecular flexibility index (Phi) is 4.16. The van der Waals surface area contributed by atoms with Gasteiger partial charge in [-0.1, -0.05) is 19.0 Å². The van der Waals surface area contributed by atoms with Crippen LogP contribution in [0.4, 0.5) is 0 Å². The Morgan fingerprint density at radius 2 is 2.17 bits per heavy atom. The average molecular weight is 319 g/mol. The molecule has 1 fully saturated rings. The Morgan fingerprint density at radius 1 is 1.39 bits per heavy atom. The molecule has 0 saturated carbocycles. The minimum Gasteiger partial charge on any atom is -0.366 e. The zero-order chi connectivity index (χ0) is 16.6. The summed E-state index contributed by atoms with van der Waals surface area (Å²) in [5, 5.41) is 10.9. The van der Waals surface area contributed by atoms with E-state index in [1.165, 1.54) is 0 Å². The molecule has 0 aliphatic carbocycles. The molecule has 3 heterocycles. The molecular weight excluding hydrogens is 298 g/mol. The van der Waals surface area contributed by atoms with Gasteiger partial charge in [0.1, 0.15) is 17.5 Å². The standard InChI is InChI=1S/C15H21N5O3/c1-8(2)13-12(9(3)19-23-13)15(21)20-5-6-22-11(7-20)14-16-10(4)17-18-14/h8,11H,5-7H2,1-4H3,(H,16,17,18)/t11-/m0/s1. The van der Waals surface area contributed by atoms with Gasteiger partial charge in [0.2, 0.25) is 0 Å². The number of nitrogens with one attached hydrogen (secondary N) is 1. The molecule has 2 aromatic heterocycles. The predicted molar refractivity (Wildman–Crippen MR) is 81.0 cm³/mol. The van der Waals surface area contributed by atoms with E-state index in [0.717, 1.165) is 5.82 Å². The lowest BCUT2D eigenvalue weighted by Gasteiger charge is -2.31. The maximum absolute atomic E-state index is 12.9. The van der Waals surface area contributed by atoms with Crippen molar-refractivity contribution >= 4 is 5.91 Å². The number of rotatable bonds is 3. The lowest BCUT2D eigenvalue weighted by Crippen LogP contribution is -2.43. The zero-order valence-corrected chi connectivity index (χ0v) is 13.8. The first-order valence-electron chi connectivity index (χ1n) is 7.73. The quantitative estimate of drug-likeness (QED) is 0.925. The highest BCUT2D eigenvalue weighted by atomic mass is 16.5. The van der Waals surface area contributed by atoms with Crippen LogP contribution < -0.4 is 0 Å². The van der Waals surface area contributed by atoms with Gasteiger partial charge in [0.25, 0.3) is 5.91 Å². The van der Waals surface area contributed by atoms with Gasteiger partial charge in [-0.05, 0) is 13.8 Å². The third-order valence-electron chi connectivity index (χ3n) is 3.88. The third-order valence-corrected chi connectivity index (χ3v) is 3.88. The number of aromatic amines is 1. The summed E-state index contributed by atoms with van der Waals surface area (Å²) < 4.78 is 11.0. The molecule has 8 heteroatoms. The summed E-state index contributed by atoms with van der Waals surface area (Å²) >= 11 is 0. The van der Waals surface area contributed by atoms with E-state index in [1.807, 2.05) is 20.8 Å². The molecule has 1 N–H and O–H groups in total. The molecule has 3 rings (SSSR count). The molecule has 0 bridgehead atoms. The molecule has 0 aromatic carbocycles. The molecule has 1 amide bonds. The molecule has 2 aromatic rings. The number of hydrogen-bond donors (Lipinski definition) is 1. The van der Waals surface area contributed by atoms with E-state index >= 15 is 0 Å². The SMILES string of the molecule is Cc1nc([C@@H]2CN(C(=O)c3c(C)noc3C(C)C)CCO2)n[nH]1. The van der Waals surface area contributed by atoms with Crippen LogP contribution in [0, 0.1) is 13.8 Å². The van der Waals surface area contributed by atoms with Crippen LogP contribution in [-0.2, 0) is 4.74 Å². The van der Waals surface area contributed by atoms with Gasteiger partial charge in [-0.3, -0.25) is 9.89 Å². The lowest BCUT2D eigenvalue weighted by molar-refractivity contribution is -0.0267. The summed E-state index contributed by atoms with van der Waals surface area (Å²) in [6, 6.07) is 0. The van der Waals surface area contributed by atoms with Crippen LogP contribution in [0.5, 0.6) is 0 Å². The summed E-state index contributed by atoms with van der Waals surface area (Å²) in [6.07, 6.45) is -0.319. The van der Waals surface area contributed by atoms with E-state index in [4.69, 9.17) is 9.26 Å². The smallest absolute Gasteiger partial charge is 0.259 e. The highest BCUT2D eigenvalue weighted by Gasteiger charge is 2.32. The molecule has 23 heavy (non-hydrogen) atoms. The van der Waals surface area contributed by atoms with Crippen molar-refractivity contribution < 1.29 is 14.1 Å². The van der Waals surface area contributed by atoms with E-state index < -0.39 is 0 Å². The maximum atomic E-state index is 12.9. The number of aromatic nitrogens is 4. The number of aryl methyl sites for hydroxylation is 2. The number of nitrogens with zero attached hydrogens (tertiary/aromatic N) is 4. The Balaban J connectivity index is 1.81. The van der Waals surface area contributed by atoms with Gasteiger partial charge in [-0.2, -0.15) is 5.10 Å². The average Bonchev–Trinajstić information content (AvgIpc) is 3.13. The molecule has 1 atom stereocenters. The molecular formula is C15H21N5O3. The number of morpholine rings is 1. The zero-order valence-electron chi connectivity index (χ0n) is 13.8. The van der Waals surface area contributed by atoms with Gasteiger partial charge in [0, 0.05) is 12.5 Å². The van der Waals surface area contributed by atoms with Crippen molar-refractivity contribution in [1.82, 2.24) is 25.2 Å². The lowest BCUT2D eigenvalue weighted by atomic mass is 10.0. The molecule has 8 nitrogen and oxygen atoms in total. The number of ether oxygens (including phenoxy) is 1. The van der Waals surface area contributed by atoms with Crippen LogP contribution in [-0.4, -0.2) is 50.8 Å². The highest BCUT2D eigenvalue weighted by molar-refractivity contribution is 5.96. The van der Waals surface area contributed by atoms with Crippen LogP contribution in [0.3, 0.4) is 0 Å². The summed E-state index contributed by atoms with van der Waals surface area (Å²) in [4.78, 5) is 19.0. The fourth-order valence-corrected chi connectivity index (χ4v) is 2.69. The summed E-state index contributed by atoms with van der Waals surface area (Å²) in [7, 11) is 0. The summed E-state index contributed by atoms with van der Waals surface area (Å²) in [5.41, 5.74) is 1.18. The Labute approximate surface area is 134 Å². The number of carbonyl (C=O) groups excluding carboxylic acids is 1. The van der Waals surface area contributed by atoms with E-state index in [-0.39, 0.29) is 17.9 Å². The Hall–Kier alpha value is -2.22. The minimum atomic E-state index is -0.319. The van der Waals surface area contributed by atoms with Crippen molar-refractivity contribution in [2.24, 2.45) is 0 Å². The van der Waals surface area contributed by atoms with Crippen LogP contribution in [0.2, 0.25) is 0 Å². The van der Waals surface area contributed by atoms with Gasteiger partial charge in [-0.25, -0.2) is 4.98 Å². The predicted octanol–water partition coefficient (Wildman–Crippen LogP) is 1.75. The van der Waals surface area contributed by atoms with E-state index in [0.29, 0.717) is 42.5 Å². The van der Waals surface area contributed by atoms with Gasteiger partial charge in [0.15, 0.2) is 11.6 Å². The van der Waals surface area contributed by atoms with Gasteiger partial charge < -0.3 is 14.2 Å². The maximum Gasteiger partial charge on any atom is 0.259 e. The topological polar surface area (TPSA) is 97.1 Å². The second kappa shape index (κ2) is 6.11. The molecule has 0 radical (unpaired) electrons. The van der Waals surface area contributed by atoms with Crippen LogP contribution in [0.25, 0.3) is 0 Å². The largest absolute Gasteiger partial charge is 0.366 e. The van der Waals surface area contributed by atoms with Crippen molar-refractivity contribution in [3.63, 3.8) is 0 Å². The number of carbonyl (C=O) groups is 1. The number of H-pyrrole nitrogens is 1. The van der Waals surface area contributed by atoms with Crippen molar-refractivity contribution in [3.8, 4) is 0 Å². The van der Waals surface area contributed by atoms with Gasteiger partial charge >= 0.3 is 0 Å². The first-order chi connectivity index (χ1) is 11.0. The second-order valence-electron chi connectivity index (χ2n) is 6.05. The van der Waals surface area contributed by atoms with Crippen molar-refractivity contribution in [3.05, 3.63) is 28.7 Å².